The number of aryl methyl sites for hydroxylation is 1. The minimum absolute atomic E-state index is 0.242. The minimum atomic E-state index is -3.49. The van der Waals surface area contributed by atoms with E-state index in [9.17, 15) is 13.2 Å². The van der Waals surface area contributed by atoms with Crippen molar-refractivity contribution >= 4 is 36.2 Å². The van der Waals surface area contributed by atoms with E-state index < -0.39 is 22.2 Å². The van der Waals surface area contributed by atoms with Crippen molar-refractivity contribution in [1.82, 2.24) is 0 Å². The Morgan fingerprint density at radius 1 is 1.07 bits per heavy atom. The summed E-state index contributed by atoms with van der Waals surface area (Å²) in [5.41, 5.74) is 2.11. The summed E-state index contributed by atoms with van der Waals surface area (Å²) in [4.78, 5) is 11.0. The van der Waals surface area contributed by atoms with Gasteiger partial charge in [0.2, 0.25) is 0 Å². The van der Waals surface area contributed by atoms with E-state index in [2.05, 4.69) is 12.1 Å². The zero-order chi connectivity index (χ0) is 20.6. The van der Waals surface area contributed by atoms with Gasteiger partial charge in [0.05, 0.1) is 0 Å². The average molecular weight is 468 g/mol. The molecule has 2 aromatic carbocycles. The van der Waals surface area contributed by atoms with Gasteiger partial charge in [-0.3, -0.25) is 0 Å². The van der Waals surface area contributed by atoms with Crippen LogP contribution in [0.3, 0.4) is 0 Å². The fraction of sp³-hybridized carbons (Fsp3) is 0.350. The van der Waals surface area contributed by atoms with Crippen molar-refractivity contribution in [3.8, 4) is 5.75 Å². The van der Waals surface area contributed by atoms with Crippen LogP contribution in [0.4, 0.5) is 0 Å². The molecule has 2 rings (SSSR count). The molecule has 0 aliphatic rings. The molecule has 0 aliphatic heterocycles. The summed E-state index contributed by atoms with van der Waals surface area (Å²) in [6.45, 7) is 0. The van der Waals surface area contributed by atoms with Crippen molar-refractivity contribution in [2.45, 2.75) is 30.6 Å². The molecule has 1 unspecified atom stereocenters. The van der Waals surface area contributed by atoms with Crippen LogP contribution in [0.5, 0.6) is 5.75 Å². The second kappa shape index (κ2) is 10.6. The molecule has 6 nitrogen and oxygen atoms in total. The molecule has 0 heterocycles. The van der Waals surface area contributed by atoms with Crippen LogP contribution < -0.4 is 8.53 Å². The Labute approximate surface area is 172 Å². The zero-order valence-electron chi connectivity index (χ0n) is 15.9. The summed E-state index contributed by atoms with van der Waals surface area (Å²) < 4.78 is 33.3. The Morgan fingerprint density at radius 2 is 1.68 bits per heavy atom. The van der Waals surface area contributed by atoms with E-state index in [4.69, 9.17) is 14.0 Å². The van der Waals surface area contributed by atoms with Gasteiger partial charge in [-0.25, -0.2) is 0 Å². The molecule has 0 amide bonds. The van der Waals surface area contributed by atoms with Gasteiger partial charge in [-0.15, -0.1) is 0 Å². The molecule has 0 aliphatic carbocycles. The first-order valence-electron chi connectivity index (χ1n) is 8.83. The van der Waals surface area contributed by atoms with E-state index in [0.717, 1.165) is 35.4 Å². The molecule has 0 bridgehead atoms. The Hall–Kier alpha value is -1.82. The van der Waals surface area contributed by atoms with Gasteiger partial charge in [-0.2, -0.15) is 0 Å². The van der Waals surface area contributed by atoms with Crippen molar-refractivity contribution in [2.24, 2.45) is 0 Å². The quantitative estimate of drug-likeness (QED) is 0.307. The van der Waals surface area contributed by atoms with E-state index in [1.807, 2.05) is 24.3 Å². The third-order valence-corrected chi connectivity index (χ3v) is 7.39. The maximum atomic E-state index is 11.1. The molecule has 0 radical (unpaired) electrons. The summed E-state index contributed by atoms with van der Waals surface area (Å²) in [7, 11) is -2.08. The van der Waals surface area contributed by atoms with Crippen LogP contribution in [0.1, 0.15) is 17.5 Å². The Balaban J connectivity index is 1.75. The molecular weight excluding hydrogens is 443 g/mol. The number of carboxylic acids is 1. The van der Waals surface area contributed by atoms with Crippen LogP contribution in [-0.2, 0) is 32.5 Å². The number of hydrogen-bond acceptors (Lipinski definition) is 5. The van der Waals surface area contributed by atoms with Gasteiger partial charge in [-0.05, 0) is 0 Å². The molecule has 28 heavy (non-hydrogen) atoms. The fourth-order valence-electron chi connectivity index (χ4n) is 2.66. The molecular formula is C20H25AsO6S. The summed E-state index contributed by atoms with van der Waals surface area (Å²) in [5.74, 6) is -0.616. The number of rotatable bonds is 11. The SMILES string of the molecule is CO[C@@H](Cc1ccc([AsH]CCCc2ccc(OS(C)(=O)=O)cc2)cc1)C(=O)O. The van der Waals surface area contributed by atoms with Crippen LogP contribution in [0.25, 0.3) is 0 Å². The van der Waals surface area contributed by atoms with Gasteiger partial charge >= 0.3 is 173 Å². The number of carbonyl (C=O) groups is 1. The number of hydrogen-bond donors (Lipinski definition) is 1. The van der Waals surface area contributed by atoms with Crippen LogP contribution in [0.15, 0.2) is 48.5 Å². The first-order valence-corrected chi connectivity index (χ1v) is 13.2. The number of methoxy groups -OCH3 is 1. The topological polar surface area (TPSA) is 89.9 Å². The summed E-state index contributed by atoms with van der Waals surface area (Å²) >= 11 is -0.242. The molecule has 0 aromatic heterocycles. The Morgan fingerprint density at radius 3 is 2.21 bits per heavy atom. The van der Waals surface area contributed by atoms with Gasteiger partial charge in [0, 0.05) is 0 Å². The fourth-order valence-corrected chi connectivity index (χ4v) is 5.31. The van der Waals surface area contributed by atoms with Gasteiger partial charge < -0.3 is 0 Å². The number of carboxylic acid groups (broad SMARTS) is 1. The normalized spacial score (nSPS) is 12.9. The zero-order valence-corrected chi connectivity index (χ0v) is 18.8. The van der Waals surface area contributed by atoms with Crippen LogP contribution >= 0.6 is 0 Å². The third-order valence-electron chi connectivity index (χ3n) is 4.08. The summed E-state index contributed by atoms with van der Waals surface area (Å²) in [6.07, 6.45) is 2.59. The molecule has 1 N–H and O–H groups in total. The standard InChI is InChI=1S/C20H25AsO6S/c1-26-19(20(22)23)14-16-5-9-17(10-6-16)21-13-3-4-15-7-11-18(12-8-15)27-28(2,24)25/h5-12,19,21H,3-4,13-14H2,1-2H3,(H,22,23)/t19-/m0/s1. The predicted octanol–water partition coefficient (Wildman–Crippen LogP) is 1.78. The first kappa shape index (κ1) is 22.5. The van der Waals surface area contributed by atoms with Crippen LogP contribution in [0.2, 0.25) is 5.21 Å². The molecule has 2 aromatic rings. The van der Waals surface area contributed by atoms with Crippen molar-refractivity contribution in [2.75, 3.05) is 13.4 Å². The molecule has 0 saturated carbocycles. The van der Waals surface area contributed by atoms with E-state index >= 15 is 0 Å². The molecule has 0 saturated heterocycles. The van der Waals surface area contributed by atoms with Gasteiger partial charge in [0.15, 0.2) is 0 Å². The van der Waals surface area contributed by atoms with Gasteiger partial charge in [0.1, 0.15) is 0 Å². The van der Waals surface area contributed by atoms with Gasteiger partial charge in [0.25, 0.3) is 0 Å². The molecule has 152 valence electrons. The second-order valence-corrected chi connectivity index (χ2v) is 11.0. The summed E-state index contributed by atoms with van der Waals surface area (Å²) in [5, 5.41) is 10.2. The monoisotopic (exact) mass is 468 g/mol. The second-order valence-electron chi connectivity index (χ2n) is 6.43. The molecule has 8 heteroatoms. The van der Waals surface area contributed by atoms with Crippen LogP contribution in [-0.4, -0.2) is 54.7 Å². The molecule has 2 atom stereocenters. The van der Waals surface area contributed by atoms with E-state index in [1.165, 1.54) is 11.5 Å². The van der Waals surface area contributed by atoms with E-state index in [1.54, 1.807) is 12.1 Å². The van der Waals surface area contributed by atoms with Crippen molar-refractivity contribution in [3.05, 3.63) is 59.7 Å². The first-order chi connectivity index (χ1) is 13.3. The third kappa shape index (κ3) is 8.05. The molecule has 0 spiro atoms. The van der Waals surface area contributed by atoms with Crippen molar-refractivity contribution in [3.63, 3.8) is 0 Å². The van der Waals surface area contributed by atoms with E-state index in [-0.39, 0.29) is 15.8 Å². The average Bonchev–Trinajstić information content (AvgIpc) is 2.64. The maximum absolute atomic E-state index is 11.1. The van der Waals surface area contributed by atoms with Crippen molar-refractivity contribution < 1.29 is 27.2 Å². The predicted molar refractivity (Wildman–Crippen MR) is 110 cm³/mol. The molecule has 0 fully saturated rings. The van der Waals surface area contributed by atoms with Crippen LogP contribution in [0, 0.1) is 0 Å². The number of benzene rings is 2. The van der Waals surface area contributed by atoms with Gasteiger partial charge in [-0.1, -0.05) is 0 Å². The Kier molecular flexibility index (Phi) is 8.54. The number of aliphatic carboxylic acids is 1. The van der Waals surface area contributed by atoms with Crippen molar-refractivity contribution in [1.29, 1.82) is 0 Å². The Bertz CT molecular complexity index is 863. The number of ether oxygens (including phenoxy) is 1. The summed E-state index contributed by atoms with van der Waals surface area (Å²) in [6, 6.07) is 15.3. The van der Waals surface area contributed by atoms with E-state index in [0.29, 0.717) is 12.2 Å².